The first kappa shape index (κ1) is 16.8. The standard InChI is InChI=1S/C19H20FN3O3/c20-13-5-3-12(4-6-13)18(24)22-14-7-8-16-15(9-14)17(23-26-16)19(25)21-10-11-1-2-11/h3-6,11,14H,1-2,7-10H2,(H,21,25)(H,22,24). The van der Waals surface area contributed by atoms with Crippen LogP contribution in [-0.2, 0) is 12.8 Å². The largest absolute Gasteiger partial charge is 0.360 e. The van der Waals surface area contributed by atoms with Crippen molar-refractivity contribution in [1.29, 1.82) is 0 Å². The van der Waals surface area contributed by atoms with Crippen LogP contribution in [0.5, 0.6) is 0 Å². The van der Waals surface area contributed by atoms with Gasteiger partial charge >= 0.3 is 0 Å². The lowest BCUT2D eigenvalue weighted by atomic mass is 9.91. The van der Waals surface area contributed by atoms with Crippen molar-refractivity contribution in [2.75, 3.05) is 6.54 Å². The first-order valence-corrected chi connectivity index (χ1v) is 8.92. The van der Waals surface area contributed by atoms with Gasteiger partial charge in [0.2, 0.25) is 0 Å². The van der Waals surface area contributed by atoms with E-state index >= 15 is 0 Å². The van der Waals surface area contributed by atoms with Crippen LogP contribution < -0.4 is 10.6 Å². The molecule has 0 spiro atoms. The average Bonchev–Trinajstić information content (AvgIpc) is 3.38. The van der Waals surface area contributed by atoms with Crippen molar-refractivity contribution in [3.63, 3.8) is 0 Å². The molecule has 1 unspecified atom stereocenters. The molecule has 2 aliphatic rings. The zero-order valence-corrected chi connectivity index (χ0v) is 14.3. The van der Waals surface area contributed by atoms with Gasteiger partial charge in [-0.25, -0.2) is 4.39 Å². The van der Waals surface area contributed by atoms with Crippen LogP contribution in [0.25, 0.3) is 0 Å². The number of amides is 2. The molecule has 2 aromatic rings. The molecule has 1 atom stereocenters. The van der Waals surface area contributed by atoms with Crippen molar-refractivity contribution >= 4 is 11.8 Å². The number of aryl methyl sites for hydroxylation is 1. The monoisotopic (exact) mass is 357 g/mol. The van der Waals surface area contributed by atoms with E-state index in [1.807, 2.05) is 0 Å². The van der Waals surface area contributed by atoms with E-state index in [0.29, 0.717) is 48.7 Å². The Bertz CT molecular complexity index is 827. The highest BCUT2D eigenvalue weighted by Crippen LogP contribution is 2.28. The number of fused-ring (bicyclic) bond motifs is 1. The third-order valence-corrected chi connectivity index (χ3v) is 4.94. The molecule has 26 heavy (non-hydrogen) atoms. The second kappa shape index (κ2) is 6.90. The minimum Gasteiger partial charge on any atom is -0.360 e. The maximum absolute atomic E-state index is 13.0. The molecule has 1 fully saturated rings. The minimum atomic E-state index is -0.379. The van der Waals surface area contributed by atoms with E-state index in [1.165, 1.54) is 24.3 Å². The molecule has 2 aliphatic carbocycles. The highest BCUT2D eigenvalue weighted by atomic mass is 19.1. The quantitative estimate of drug-likeness (QED) is 0.860. The number of carbonyl (C=O) groups excluding carboxylic acids is 2. The van der Waals surface area contributed by atoms with E-state index in [2.05, 4.69) is 15.8 Å². The molecule has 2 N–H and O–H groups in total. The topological polar surface area (TPSA) is 84.2 Å². The van der Waals surface area contributed by atoms with Gasteiger partial charge in [-0.3, -0.25) is 9.59 Å². The summed E-state index contributed by atoms with van der Waals surface area (Å²) in [6.45, 7) is 0.672. The summed E-state index contributed by atoms with van der Waals surface area (Å²) in [6.07, 6.45) is 4.15. The normalized spacial score (nSPS) is 18.9. The van der Waals surface area contributed by atoms with Crippen LogP contribution in [0.4, 0.5) is 4.39 Å². The predicted molar refractivity (Wildman–Crippen MR) is 91.2 cm³/mol. The van der Waals surface area contributed by atoms with Crippen LogP contribution in [-0.4, -0.2) is 29.6 Å². The molecule has 1 heterocycles. The lowest BCUT2D eigenvalue weighted by Gasteiger charge is -2.22. The van der Waals surface area contributed by atoms with E-state index in [0.717, 1.165) is 18.4 Å². The Morgan fingerprint density at radius 3 is 2.65 bits per heavy atom. The highest BCUT2D eigenvalue weighted by molar-refractivity contribution is 5.95. The van der Waals surface area contributed by atoms with Crippen LogP contribution in [0.15, 0.2) is 28.8 Å². The summed E-state index contributed by atoms with van der Waals surface area (Å²) in [5.74, 6) is 0.454. The average molecular weight is 357 g/mol. The molecule has 1 aromatic carbocycles. The summed E-state index contributed by atoms with van der Waals surface area (Å²) in [4.78, 5) is 24.7. The van der Waals surface area contributed by atoms with E-state index in [-0.39, 0.29) is 23.7 Å². The van der Waals surface area contributed by atoms with Crippen molar-refractivity contribution < 1.29 is 18.5 Å². The van der Waals surface area contributed by atoms with Crippen molar-refractivity contribution in [2.24, 2.45) is 5.92 Å². The molecule has 136 valence electrons. The van der Waals surface area contributed by atoms with Gasteiger partial charge in [0.05, 0.1) is 0 Å². The number of benzene rings is 1. The Hall–Kier alpha value is -2.70. The predicted octanol–water partition coefficient (Wildman–Crippen LogP) is 2.24. The number of rotatable bonds is 5. The molecule has 1 aromatic heterocycles. The maximum atomic E-state index is 13.0. The number of nitrogens with zero attached hydrogens (tertiary/aromatic N) is 1. The van der Waals surface area contributed by atoms with Crippen LogP contribution >= 0.6 is 0 Å². The Morgan fingerprint density at radius 1 is 1.15 bits per heavy atom. The zero-order valence-electron chi connectivity index (χ0n) is 14.3. The number of aromatic nitrogens is 1. The molecular formula is C19H20FN3O3. The summed E-state index contributed by atoms with van der Waals surface area (Å²) in [5, 5.41) is 9.78. The fourth-order valence-electron chi connectivity index (χ4n) is 3.22. The molecule has 7 heteroatoms. The number of halogens is 1. The molecular weight excluding hydrogens is 337 g/mol. The Kier molecular flexibility index (Phi) is 4.44. The molecule has 6 nitrogen and oxygen atoms in total. The molecule has 0 aliphatic heterocycles. The summed E-state index contributed by atoms with van der Waals surface area (Å²) in [7, 11) is 0. The molecule has 0 saturated heterocycles. The van der Waals surface area contributed by atoms with Crippen molar-refractivity contribution in [2.45, 2.75) is 38.1 Å². The van der Waals surface area contributed by atoms with Crippen LogP contribution in [0.2, 0.25) is 0 Å². The summed E-state index contributed by atoms with van der Waals surface area (Å²) in [5.41, 5.74) is 1.50. The fourth-order valence-corrected chi connectivity index (χ4v) is 3.22. The SMILES string of the molecule is O=C(NC1CCc2onc(C(=O)NCC3CC3)c2C1)c1ccc(F)cc1. The molecule has 1 saturated carbocycles. The van der Waals surface area contributed by atoms with Crippen molar-refractivity contribution in [3.05, 3.63) is 52.7 Å². The lowest BCUT2D eigenvalue weighted by molar-refractivity contribution is 0.0931. The second-order valence-electron chi connectivity index (χ2n) is 7.01. The zero-order chi connectivity index (χ0) is 18.1. The van der Waals surface area contributed by atoms with Gasteiger partial charge in [-0.2, -0.15) is 0 Å². The van der Waals surface area contributed by atoms with Crippen LogP contribution in [0.3, 0.4) is 0 Å². The third-order valence-electron chi connectivity index (χ3n) is 4.94. The van der Waals surface area contributed by atoms with Crippen molar-refractivity contribution in [1.82, 2.24) is 15.8 Å². The number of carbonyl (C=O) groups is 2. The Labute approximate surface area is 150 Å². The smallest absolute Gasteiger partial charge is 0.273 e. The maximum Gasteiger partial charge on any atom is 0.273 e. The molecule has 0 bridgehead atoms. The summed E-state index contributed by atoms with van der Waals surface area (Å²) in [6, 6.07) is 5.31. The highest BCUT2D eigenvalue weighted by Gasteiger charge is 2.30. The van der Waals surface area contributed by atoms with E-state index in [1.54, 1.807) is 0 Å². The third kappa shape index (κ3) is 3.61. The second-order valence-corrected chi connectivity index (χ2v) is 7.01. The van der Waals surface area contributed by atoms with E-state index in [9.17, 15) is 14.0 Å². The number of hydrogen-bond donors (Lipinski definition) is 2. The van der Waals surface area contributed by atoms with Gasteiger partial charge in [-0.15, -0.1) is 0 Å². The van der Waals surface area contributed by atoms with Gasteiger partial charge in [-0.05, 0) is 55.9 Å². The fraction of sp³-hybridized carbons (Fsp3) is 0.421. The van der Waals surface area contributed by atoms with E-state index < -0.39 is 0 Å². The first-order chi connectivity index (χ1) is 12.6. The van der Waals surface area contributed by atoms with Gasteiger partial charge in [-0.1, -0.05) is 5.16 Å². The van der Waals surface area contributed by atoms with Gasteiger partial charge < -0.3 is 15.2 Å². The first-order valence-electron chi connectivity index (χ1n) is 8.92. The van der Waals surface area contributed by atoms with Gasteiger partial charge in [0.25, 0.3) is 11.8 Å². The molecule has 0 radical (unpaired) electrons. The Balaban J connectivity index is 1.41. The lowest BCUT2D eigenvalue weighted by Crippen LogP contribution is -2.39. The van der Waals surface area contributed by atoms with E-state index in [4.69, 9.17) is 4.52 Å². The Morgan fingerprint density at radius 2 is 1.92 bits per heavy atom. The van der Waals surface area contributed by atoms with Crippen LogP contribution in [0.1, 0.15) is 51.4 Å². The molecule has 4 rings (SSSR count). The summed E-state index contributed by atoms with van der Waals surface area (Å²) < 4.78 is 18.3. The molecule has 2 amide bonds. The van der Waals surface area contributed by atoms with Gasteiger partial charge in [0.15, 0.2) is 5.69 Å². The van der Waals surface area contributed by atoms with Crippen LogP contribution in [0, 0.1) is 11.7 Å². The summed E-state index contributed by atoms with van der Waals surface area (Å²) >= 11 is 0. The van der Waals surface area contributed by atoms with Gasteiger partial charge in [0.1, 0.15) is 11.6 Å². The number of hydrogen-bond acceptors (Lipinski definition) is 4. The van der Waals surface area contributed by atoms with Gasteiger partial charge in [0, 0.05) is 30.1 Å². The number of nitrogens with one attached hydrogen (secondary N) is 2. The van der Waals surface area contributed by atoms with Crippen molar-refractivity contribution in [3.8, 4) is 0 Å². The minimum absolute atomic E-state index is 0.116.